The van der Waals surface area contributed by atoms with Crippen LogP contribution >= 0.6 is 0 Å². The number of piperidine rings is 1. The molecule has 1 unspecified atom stereocenters. The molecule has 0 bridgehead atoms. The Morgan fingerprint density at radius 1 is 1.26 bits per heavy atom. The number of nitrogens with zero attached hydrogens (tertiary/aromatic N) is 1. The van der Waals surface area contributed by atoms with Gasteiger partial charge in [-0.3, -0.25) is 9.59 Å². The van der Waals surface area contributed by atoms with Gasteiger partial charge in [-0.2, -0.15) is 0 Å². The first-order valence-electron chi connectivity index (χ1n) is 8.26. The van der Waals surface area contributed by atoms with Crippen LogP contribution in [0.3, 0.4) is 0 Å². The molecule has 23 heavy (non-hydrogen) atoms. The van der Waals surface area contributed by atoms with Crippen molar-refractivity contribution in [1.82, 2.24) is 4.90 Å². The quantitative estimate of drug-likeness (QED) is 0.747. The first-order valence-corrected chi connectivity index (χ1v) is 8.26. The summed E-state index contributed by atoms with van der Waals surface area (Å²) in [4.78, 5) is 24.6. The van der Waals surface area contributed by atoms with E-state index in [1.807, 2.05) is 35.2 Å². The molecule has 5 heteroatoms. The molecule has 1 fully saturated rings. The fourth-order valence-corrected chi connectivity index (χ4v) is 2.94. The van der Waals surface area contributed by atoms with E-state index in [0.29, 0.717) is 25.5 Å². The minimum absolute atomic E-state index is 0.0121. The average Bonchev–Trinajstić information content (AvgIpc) is 2.58. The van der Waals surface area contributed by atoms with Crippen LogP contribution < -0.4 is 0 Å². The first-order chi connectivity index (χ1) is 11.1. The molecule has 1 amide bonds. The van der Waals surface area contributed by atoms with Crippen LogP contribution in [-0.2, 0) is 20.7 Å². The molecule has 1 atom stereocenters. The number of ether oxygens (including phenoxy) is 1. The highest BCUT2D eigenvalue weighted by Crippen LogP contribution is 2.21. The lowest BCUT2D eigenvalue weighted by Gasteiger charge is -2.32. The molecular weight excluding hydrogens is 294 g/mol. The van der Waals surface area contributed by atoms with E-state index in [4.69, 9.17) is 9.84 Å². The standard InChI is InChI=1S/C18H25NO4/c20-17(14-23-12-10-15-5-2-1-3-6-15)19-11-4-7-16(13-19)8-9-18(21)22/h1-3,5-6,16H,4,7-14H2,(H,21,22). The van der Waals surface area contributed by atoms with Gasteiger partial charge in [0.1, 0.15) is 6.61 Å². The summed E-state index contributed by atoms with van der Waals surface area (Å²) in [5.41, 5.74) is 1.20. The minimum atomic E-state index is -0.766. The van der Waals surface area contributed by atoms with Gasteiger partial charge >= 0.3 is 5.97 Å². The van der Waals surface area contributed by atoms with Gasteiger partial charge in [0.2, 0.25) is 5.91 Å². The van der Waals surface area contributed by atoms with Crippen molar-refractivity contribution in [3.05, 3.63) is 35.9 Å². The number of rotatable bonds is 8. The van der Waals surface area contributed by atoms with Crippen LogP contribution in [0, 0.1) is 5.92 Å². The van der Waals surface area contributed by atoms with Crippen LogP contribution in [0.15, 0.2) is 30.3 Å². The third-order valence-electron chi connectivity index (χ3n) is 4.24. The lowest BCUT2D eigenvalue weighted by Crippen LogP contribution is -2.42. The Morgan fingerprint density at radius 2 is 2.04 bits per heavy atom. The number of amides is 1. The maximum absolute atomic E-state index is 12.2. The van der Waals surface area contributed by atoms with E-state index >= 15 is 0 Å². The van der Waals surface area contributed by atoms with Gasteiger partial charge < -0.3 is 14.7 Å². The van der Waals surface area contributed by atoms with Crippen LogP contribution in [0.25, 0.3) is 0 Å². The van der Waals surface area contributed by atoms with E-state index in [1.165, 1.54) is 5.56 Å². The van der Waals surface area contributed by atoms with Gasteiger partial charge in [-0.05, 0) is 37.2 Å². The molecule has 0 radical (unpaired) electrons. The zero-order valence-electron chi connectivity index (χ0n) is 13.4. The molecule has 1 aromatic rings. The highest BCUT2D eigenvalue weighted by Gasteiger charge is 2.23. The molecule has 1 saturated heterocycles. The van der Waals surface area contributed by atoms with Crippen molar-refractivity contribution in [2.45, 2.75) is 32.1 Å². The number of carbonyl (C=O) groups is 2. The van der Waals surface area contributed by atoms with Crippen molar-refractivity contribution in [1.29, 1.82) is 0 Å². The molecule has 126 valence electrons. The maximum atomic E-state index is 12.2. The topological polar surface area (TPSA) is 66.8 Å². The summed E-state index contributed by atoms with van der Waals surface area (Å²) in [5, 5.41) is 8.76. The summed E-state index contributed by atoms with van der Waals surface area (Å²) in [7, 11) is 0. The molecule has 1 heterocycles. The van der Waals surface area contributed by atoms with Crippen LogP contribution in [-0.4, -0.2) is 48.2 Å². The third kappa shape index (κ3) is 6.40. The highest BCUT2D eigenvalue weighted by molar-refractivity contribution is 5.77. The van der Waals surface area contributed by atoms with Gasteiger partial charge in [-0.1, -0.05) is 30.3 Å². The molecule has 1 aliphatic rings. The summed E-state index contributed by atoms with van der Waals surface area (Å²) in [6.45, 7) is 2.06. The number of carboxylic acids is 1. The lowest BCUT2D eigenvalue weighted by molar-refractivity contribution is -0.138. The van der Waals surface area contributed by atoms with Gasteiger partial charge in [-0.15, -0.1) is 0 Å². The van der Waals surface area contributed by atoms with Crippen LogP contribution in [0.1, 0.15) is 31.2 Å². The average molecular weight is 319 g/mol. The van der Waals surface area contributed by atoms with Gasteiger partial charge in [0, 0.05) is 19.5 Å². The summed E-state index contributed by atoms with van der Waals surface area (Å²) < 4.78 is 5.50. The van der Waals surface area contributed by atoms with E-state index in [1.54, 1.807) is 0 Å². The van der Waals surface area contributed by atoms with Gasteiger partial charge in [-0.25, -0.2) is 0 Å². The van der Waals surface area contributed by atoms with Crippen molar-refractivity contribution in [3.63, 3.8) is 0 Å². The summed E-state index contributed by atoms with van der Waals surface area (Å²) >= 11 is 0. The number of carbonyl (C=O) groups excluding carboxylic acids is 1. The van der Waals surface area contributed by atoms with E-state index in [2.05, 4.69) is 0 Å². The van der Waals surface area contributed by atoms with Gasteiger partial charge in [0.15, 0.2) is 0 Å². The number of hydrogen-bond acceptors (Lipinski definition) is 3. The largest absolute Gasteiger partial charge is 0.481 e. The summed E-state index contributed by atoms with van der Waals surface area (Å²) in [6.07, 6.45) is 3.58. The van der Waals surface area contributed by atoms with E-state index in [-0.39, 0.29) is 18.9 Å². The van der Waals surface area contributed by atoms with Crippen molar-refractivity contribution in [2.75, 3.05) is 26.3 Å². The Balaban J connectivity index is 1.65. The molecule has 1 aliphatic heterocycles. The molecule has 5 nitrogen and oxygen atoms in total. The Labute approximate surface area is 137 Å². The number of aliphatic carboxylic acids is 1. The molecular formula is C18H25NO4. The molecule has 0 saturated carbocycles. The second-order valence-electron chi connectivity index (χ2n) is 6.07. The number of hydrogen-bond donors (Lipinski definition) is 1. The predicted molar refractivity (Wildman–Crippen MR) is 87.1 cm³/mol. The Morgan fingerprint density at radius 3 is 2.78 bits per heavy atom. The van der Waals surface area contributed by atoms with Crippen LogP contribution in [0.2, 0.25) is 0 Å². The smallest absolute Gasteiger partial charge is 0.303 e. The van der Waals surface area contributed by atoms with E-state index in [9.17, 15) is 9.59 Å². The summed E-state index contributed by atoms with van der Waals surface area (Å²) in [6, 6.07) is 10.0. The van der Waals surface area contributed by atoms with Crippen molar-refractivity contribution < 1.29 is 19.4 Å². The zero-order valence-corrected chi connectivity index (χ0v) is 13.4. The second kappa shape index (κ2) is 9.30. The molecule has 0 aromatic heterocycles. The molecule has 2 rings (SSSR count). The Bertz CT molecular complexity index is 503. The van der Waals surface area contributed by atoms with Crippen molar-refractivity contribution in [3.8, 4) is 0 Å². The molecule has 0 aliphatic carbocycles. The van der Waals surface area contributed by atoms with Crippen LogP contribution in [0.4, 0.5) is 0 Å². The zero-order chi connectivity index (χ0) is 16.5. The van der Waals surface area contributed by atoms with E-state index < -0.39 is 5.97 Å². The fraction of sp³-hybridized carbons (Fsp3) is 0.556. The fourth-order valence-electron chi connectivity index (χ4n) is 2.94. The lowest BCUT2D eigenvalue weighted by atomic mass is 9.93. The van der Waals surface area contributed by atoms with Crippen molar-refractivity contribution in [2.24, 2.45) is 5.92 Å². The summed E-state index contributed by atoms with van der Waals surface area (Å²) in [5.74, 6) is -0.455. The number of carboxylic acid groups (broad SMARTS) is 1. The minimum Gasteiger partial charge on any atom is -0.481 e. The van der Waals surface area contributed by atoms with Gasteiger partial charge in [0.05, 0.1) is 6.61 Å². The Kier molecular flexibility index (Phi) is 7.07. The van der Waals surface area contributed by atoms with Crippen molar-refractivity contribution >= 4 is 11.9 Å². The second-order valence-corrected chi connectivity index (χ2v) is 6.07. The number of benzene rings is 1. The van der Waals surface area contributed by atoms with Crippen LogP contribution in [0.5, 0.6) is 0 Å². The normalized spacial score (nSPS) is 17.9. The van der Waals surface area contributed by atoms with E-state index in [0.717, 1.165) is 25.8 Å². The maximum Gasteiger partial charge on any atom is 0.303 e. The number of likely N-dealkylation sites (tertiary alicyclic amines) is 1. The SMILES string of the molecule is O=C(O)CCC1CCCN(C(=O)COCCc2ccccc2)C1. The highest BCUT2D eigenvalue weighted by atomic mass is 16.5. The molecule has 0 spiro atoms. The first kappa shape index (κ1) is 17.5. The Hall–Kier alpha value is -1.88. The monoisotopic (exact) mass is 319 g/mol. The molecule has 1 aromatic carbocycles. The molecule has 1 N–H and O–H groups in total. The van der Waals surface area contributed by atoms with Gasteiger partial charge in [0.25, 0.3) is 0 Å². The third-order valence-corrected chi connectivity index (χ3v) is 4.24. The predicted octanol–water partition coefficient (Wildman–Crippen LogP) is 2.35.